The molecule has 3 heterocycles. The summed E-state index contributed by atoms with van der Waals surface area (Å²) in [6, 6.07) is 7.92. The number of nitrogens with zero attached hydrogens (tertiary/aromatic N) is 5. The molecule has 27 heavy (non-hydrogen) atoms. The van der Waals surface area contributed by atoms with E-state index in [0.717, 1.165) is 40.5 Å². The zero-order chi connectivity index (χ0) is 19.0. The molecule has 2 N–H and O–H groups in total. The van der Waals surface area contributed by atoms with Crippen molar-refractivity contribution in [1.29, 1.82) is 0 Å². The van der Waals surface area contributed by atoms with Crippen molar-refractivity contribution >= 4 is 38.7 Å². The Morgan fingerprint density at radius 2 is 2.07 bits per heavy atom. The van der Waals surface area contributed by atoms with E-state index in [2.05, 4.69) is 32.5 Å². The van der Waals surface area contributed by atoms with Crippen LogP contribution >= 0.6 is 15.9 Å². The van der Waals surface area contributed by atoms with Gasteiger partial charge in [-0.1, -0.05) is 34.6 Å². The van der Waals surface area contributed by atoms with Gasteiger partial charge in [0.2, 0.25) is 5.91 Å². The Kier molecular flexibility index (Phi) is 4.65. The first-order valence-corrected chi connectivity index (χ1v) is 9.53. The summed E-state index contributed by atoms with van der Waals surface area (Å²) >= 11 is 3.46. The largest absolute Gasteiger partial charge is 0.383 e. The van der Waals surface area contributed by atoms with Crippen molar-refractivity contribution in [2.45, 2.75) is 18.9 Å². The second kappa shape index (κ2) is 7.11. The molecule has 3 aromatic rings. The number of benzene rings is 1. The van der Waals surface area contributed by atoms with E-state index < -0.39 is 0 Å². The molecule has 0 unspecified atom stereocenters. The van der Waals surface area contributed by atoms with Crippen molar-refractivity contribution in [2.75, 3.05) is 18.8 Å². The van der Waals surface area contributed by atoms with E-state index in [1.165, 1.54) is 12.4 Å². The quantitative estimate of drug-likeness (QED) is 0.649. The number of hydrogen-bond acceptors (Lipinski definition) is 5. The van der Waals surface area contributed by atoms with E-state index >= 15 is 0 Å². The molecule has 8 heteroatoms. The van der Waals surface area contributed by atoms with Gasteiger partial charge in [0.1, 0.15) is 17.8 Å². The molecule has 1 atom stereocenters. The van der Waals surface area contributed by atoms with E-state index in [1.807, 2.05) is 28.9 Å². The maximum Gasteiger partial charge on any atom is 0.246 e. The zero-order valence-electron chi connectivity index (χ0n) is 14.7. The smallest absolute Gasteiger partial charge is 0.246 e. The first kappa shape index (κ1) is 17.7. The molecule has 0 spiro atoms. The molecule has 1 aliphatic rings. The predicted molar refractivity (Wildman–Crippen MR) is 108 cm³/mol. The van der Waals surface area contributed by atoms with E-state index in [4.69, 9.17) is 10.8 Å². The second-order valence-corrected chi connectivity index (χ2v) is 7.46. The van der Waals surface area contributed by atoms with Gasteiger partial charge >= 0.3 is 0 Å². The van der Waals surface area contributed by atoms with Crippen LogP contribution in [0.3, 0.4) is 0 Å². The number of nitrogen functional groups attached to an aromatic ring is 1. The van der Waals surface area contributed by atoms with Crippen molar-refractivity contribution in [1.82, 2.24) is 24.6 Å². The first-order chi connectivity index (χ1) is 13.1. The van der Waals surface area contributed by atoms with Crippen LogP contribution < -0.4 is 5.73 Å². The van der Waals surface area contributed by atoms with Crippen LogP contribution in [-0.2, 0) is 4.79 Å². The van der Waals surface area contributed by atoms with Crippen molar-refractivity contribution < 1.29 is 4.79 Å². The van der Waals surface area contributed by atoms with Crippen molar-refractivity contribution in [3.05, 3.63) is 47.7 Å². The van der Waals surface area contributed by atoms with E-state index in [0.29, 0.717) is 18.0 Å². The number of carbonyl (C=O) groups is 1. The van der Waals surface area contributed by atoms with Gasteiger partial charge in [-0.25, -0.2) is 14.6 Å². The molecule has 1 saturated heterocycles. The monoisotopic (exact) mass is 426 g/mol. The summed E-state index contributed by atoms with van der Waals surface area (Å²) < 4.78 is 2.89. The average Bonchev–Trinajstić information content (AvgIpc) is 3.09. The lowest BCUT2D eigenvalue weighted by Gasteiger charge is -2.32. The van der Waals surface area contributed by atoms with Crippen LogP contribution in [0.1, 0.15) is 18.9 Å². The number of fused-ring (bicyclic) bond motifs is 1. The van der Waals surface area contributed by atoms with Crippen LogP contribution in [0.2, 0.25) is 0 Å². The van der Waals surface area contributed by atoms with Crippen molar-refractivity contribution in [3.63, 3.8) is 0 Å². The molecule has 7 nitrogen and oxygen atoms in total. The molecule has 1 amide bonds. The lowest BCUT2D eigenvalue weighted by molar-refractivity contribution is -0.127. The number of anilines is 1. The Balaban J connectivity index is 1.82. The molecule has 0 aliphatic carbocycles. The number of aromatic nitrogens is 4. The highest BCUT2D eigenvalue weighted by molar-refractivity contribution is 9.10. The first-order valence-electron chi connectivity index (χ1n) is 8.74. The summed E-state index contributed by atoms with van der Waals surface area (Å²) in [6.45, 7) is 4.90. The Bertz CT molecular complexity index is 1010. The normalized spacial score (nSPS) is 17.2. The number of carbonyl (C=O) groups excluding carboxylic acids is 1. The van der Waals surface area contributed by atoms with Crippen LogP contribution in [0.4, 0.5) is 5.82 Å². The van der Waals surface area contributed by atoms with Crippen LogP contribution in [0.15, 0.2) is 47.7 Å². The number of nitrogens with two attached hydrogens (primary N) is 1. The Morgan fingerprint density at radius 1 is 1.30 bits per heavy atom. The topological polar surface area (TPSA) is 89.9 Å². The molecule has 0 radical (unpaired) electrons. The standard InChI is InChI=1S/C19H19BrN6O/c1-2-15(27)25-9-3-4-14(10-25)26-19-16(18(21)22-11-23-19)17(24-26)12-5-7-13(20)8-6-12/h2,5-8,11,14H,1,3-4,9-10H2,(H2,21,22,23)/t14-/m1/s1. The third kappa shape index (κ3) is 3.21. The predicted octanol–water partition coefficient (Wildman–Crippen LogP) is 3.19. The molecule has 0 bridgehead atoms. The highest BCUT2D eigenvalue weighted by atomic mass is 79.9. The van der Waals surface area contributed by atoms with Crippen LogP contribution in [0.25, 0.3) is 22.3 Å². The number of amides is 1. The molecule has 1 aliphatic heterocycles. The van der Waals surface area contributed by atoms with Gasteiger partial charge in [-0.15, -0.1) is 0 Å². The van der Waals surface area contributed by atoms with Gasteiger partial charge in [-0.2, -0.15) is 5.10 Å². The Morgan fingerprint density at radius 3 is 2.81 bits per heavy atom. The number of likely N-dealkylation sites (tertiary alicyclic amines) is 1. The molecular weight excluding hydrogens is 408 g/mol. The maximum atomic E-state index is 12.0. The summed E-state index contributed by atoms with van der Waals surface area (Å²) in [5.41, 5.74) is 8.56. The fourth-order valence-electron chi connectivity index (χ4n) is 3.54. The lowest BCUT2D eigenvalue weighted by atomic mass is 10.1. The van der Waals surface area contributed by atoms with Gasteiger partial charge in [0.05, 0.1) is 11.4 Å². The van der Waals surface area contributed by atoms with Crippen LogP contribution in [-0.4, -0.2) is 43.6 Å². The van der Waals surface area contributed by atoms with Gasteiger partial charge in [-0.05, 0) is 31.1 Å². The minimum absolute atomic E-state index is 0.0312. The molecular formula is C19H19BrN6O. The number of hydrogen-bond donors (Lipinski definition) is 1. The summed E-state index contributed by atoms with van der Waals surface area (Å²) in [5, 5.41) is 5.59. The van der Waals surface area contributed by atoms with Crippen molar-refractivity contribution in [2.24, 2.45) is 0 Å². The average molecular weight is 427 g/mol. The third-order valence-electron chi connectivity index (χ3n) is 4.86. The molecule has 1 fully saturated rings. The minimum Gasteiger partial charge on any atom is -0.383 e. The van der Waals surface area contributed by atoms with Gasteiger partial charge in [-0.3, -0.25) is 4.79 Å². The second-order valence-electron chi connectivity index (χ2n) is 6.54. The van der Waals surface area contributed by atoms with Gasteiger partial charge in [0, 0.05) is 23.1 Å². The molecule has 0 saturated carbocycles. The van der Waals surface area contributed by atoms with Gasteiger partial charge in [0.25, 0.3) is 0 Å². The molecule has 1 aromatic carbocycles. The SMILES string of the molecule is C=CC(=O)N1CCC[C@@H](n2nc(-c3ccc(Br)cc3)c3c(N)ncnc32)C1. The van der Waals surface area contributed by atoms with Crippen LogP contribution in [0, 0.1) is 0 Å². The van der Waals surface area contributed by atoms with E-state index in [1.54, 1.807) is 4.90 Å². The highest BCUT2D eigenvalue weighted by Gasteiger charge is 2.27. The Labute approximate surface area is 165 Å². The maximum absolute atomic E-state index is 12.0. The number of piperidine rings is 1. The number of rotatable bonds is 3. The van der Waals surface area contributed by atoms with Gasteiger partial charge in [0.15, 0.2) is 5.65 Å². The summed E-state index contributed by atoms with van der Waals surface area (Å²) in [5.74, 6) is 0.345. The zero-order valence-corrected chi connectivity index (χ0v) is 16.3. The number of halogens is 1. The molecule has 138 valence electrons. The lowest BCUT2D eigenvalue weighted by Crippen LogP contribution is -2.40. The third-order valence-corrected chi connectivity index (χ3v) is 5.39. The highest BCUT2D eigenvalue weighted by Crippen LogP contribution is 2.34. The fraction of sp³-hybridized carbons (Fsp3) is 0.263. The Hall–Kier alpha value is -2.74. The fourth-order valence-corrected chi connectivity index (χ4v) is 3.81. The summed E-state index contributed by atoms with van der Waals surface area (Å²) in [7, 11) is 0. The van der Waals surface area contributed by atoms with Crippen LogP contribution in [0.5, 0.6) is 0 Å². The molecule has 4 rings (SSSR count). The minimum atomic E-state index is -0.0570. The summed E-state index contributed by atoms with van der Waals surface area (Å²) in [6.07, 6.45) is 4.63. The molecule has 2 aromatic heterocycles. The summed E-state index contributed by atoms with van der Waals surface area (Å²) in [4.78, 5) is 22.5. The van der Waals surface area contributed by atoms with Crippen molar-refractivity contribution in [3.8, 4) is 11.3 Å². The van der Waals surface area contributed by atoms with Gasteiger partial charge < -0.3 is 10.6 Å². The van der Waals surface area contributed by atoms with E-state index in [-0.39, 0.29) is 11.9 Å². The van der Waals surface area contributed by atoms with E-state index in [9.17, 15) is 4.79 Å².